The second-order valence-electron chi connectivity index (χ2n) is 3.84. The van der Waals surface area contributed by atoms with Gasteiger partial charge in [0.1, 0.15) is 11.6 Å². The zero-order chi connectivity index (χ0) is 13.0. The molecular formula is C13H16FN3O. The molecule has 18 heavy (non-hydrogen) atoms. The molecule has 1 aromatic carbocycles. The molecule has 1 N–H and O–H groups in total. The molecule has 1 aromatic heterocycles. The zero-order valence-electron chi connectivity index (χ0n) is 10.5. The Balaban J connectivity index is 2.10. The molecule has 2 rings (SSSR count). The van der Waals surface area contributed by atoms with Gasteiger partial charge in [0.25, 0.3) is 0 Å². The molecule has 5 heteroatoms. The van der Waals surface area contributed by atoms with E-state index in [0.29, 0.717) is 18.0 Å². The Hall–Kier alpha value is -2.04. The Bertz CT molecular complexity index is 525. The van der Waals surface area contributed by atoms with Gasteiger partial charge in [-0.1, -0.05) is 0 Å². The van der Waals surface area contributed by atoms with Crippen molar-refractivity contribution in [3.05, 3.63) is 42.0 Å². The summed E-state index contributed by atoms with van der Waals surface area (Å²) in [6, 6.07) is 6.53. The van der Waals surface area contributed by atoms with Crippen molar-refractivity contribution in [2.45, 2.75) is 20.0 Å². The van der Waals surface area contributed by atoms with Crippen LogP contribution in [-0.4, -0.2) is 16.9 Å². The first-order chi connectivity index (χ1) is 8.74. The molecule has 2 aromatic rings. The maximum atomic E-state index is 13.6. The largest absolute Gasteiger partial charge is 0.497 e. The van der Waals surface area contributed by atoms with E-state index in [0.717, 1.165) is 12.2 Å². The van der Waals surface area contributed by atoms with Crippen molar-refractivity contribution in [3.8, 4) is 5.75 Å². The molecule has 0 atom stereocenters. The molecule has 0 fully saturated rings. The highest BCUT2D eigenvalue weighted by molar-refractivity contribution is 5.49. The average Bonchev–Trinajstić information content (AvgIpc) is 2.85. The van der Waals surface area contributed by atoms with Crippen LogP contribution in [0.4, 0.5) is 10.1 Å². The van der Waals surface area contributed by atoms with Crippen molar-refractivity contribution in [3.63, 3.8) is 0 Å². The highest BCUT2D eigenvalue weighted by Crippen LogP contribution is 2.21. The van der Waals surface area contributed by atoms with E-state index in [9.17, 15) is 4.39 Å². The molecule has 0 aliphatic carbocycles. The summed E-state index contributed by atoms with van der Waals surface area (Å²) in [6.45, 7) is 3.34. The first-order valence-corrected chi connectivity index (χ1v) is 5.82. The number of nitrogens with one attached hydrogen (secondary N) is 1. The van der Waals surface area contributed by atoms with E-state index in [4.69, 9.17) is 4.74 Å². The van der Waals surface area contributed by atoms with Crippen molar-refractivity contribution in [1.29, 1.82) is 0 Å². The van der Waals surface area contributed by atoms with Crippen LogP contribution < -0.4 is 10.1 Å². The van der Waals surface area contributed by atoms with Gasteiger partial charge in [-0.25, -0.2) is 4.39 Å². The minimum absolute atomic E-state index is 0.293. The van der Waals surface area contributed by atoms with Crippen molar-refractivity contribution < 1.29 is 9.13 Å². The van der Waals surface area contributed by atoms with Gasteiger partial charge in [0, 0.05) is 18.8 Å². The number of aromatic nitrogens is 2. The summed E-state index contributed by atoms with van der Waals surface area (Å²) in [4.78, 5) is 0. The number of benzene rings is 1. The SMILES string of the molecule is CCn1nccc1CNc1cc(OC)ccc1F. The fraction of sp³-hybridized carbons (Fsp3) is 0.308. The third-order valence-corrected chi connectivity index (χ3v) is 2.74. The summed E-state index contributed by atoms with van der Waals surface area (Å²) in [5, 5.41) is 7.21. The van der Waals surface area contributed by atoms with E-state index in [1.165, 1.54) is 6.07 Å². The quantitative estimate of drug-likeness (QED) is 0.885. The highest BCUT2D eigenvalue weighted by Gasteiger charge is 2.05. The van der Waals surface area contributed by atoms with Crippen molar-refractivity contribution >= 4 is 5.69 Å². The summed E-state index contributed by atoms with van der Waals surface area (Å²) in [5.74, 6) is 0.335. The van der Waals surface area contributed by atoms with Crippen LogP contribution in [0.25, 0.3) is 0 Å². The highest BCUT2D eigenvalue weighted by atomic mass is 19.1. The standard InChI is InChI=1S/C13H16FN3O/c1-3-17-10(6-7-16-17)9-15-13-8-11(18-2)4-5-12(13)14/h4-8,15H,3,9H2,1-2H3. The molecular weight excluding hydrogens is 233 g/mol. The van der Waals surface area contributed by atoms with Crippen LogP contribution in [0, 0.1) is 5.82 Å². The maximum absolute atomic E-state index is 13.6. The predicted octanol–water partition coefficient (Wildman–Crippen LogP) is 2.66. The molecule has 1 heterocycles. The fourth-order valence-corrected chi connectivity index (χ4v) is 1.75. The van der Waals surface area contributed by atoms with Crippen LogP contribution >= 0.6 is 0 Å². The van der Waals surface area contributed by atoms with Crippen molar-refractivity contribution in [2.24, 2.45) is 0 Å². The van der Waals surface area contributed by atoms with Crippen LogP contribution in [0.2, 0.25) is 0 Å². The second-order valence-corrected chi connectivity index (χ2v) is 3.84. The lowest BCUT2D eigenvalue weighted by atomic mass is 10.2. The van der Waals surface area contributed by atoms with Gasteiger partial charge in [0.15, 0.2) is 0 Å². The molecule has 0 aliphatic rings. The average molecular weight is 249 g/mol. The molecule has 0 amide bonds. The number of nitrogens with zero attached hydrogens (tertiary/aromatic N) is 2. The van der Waals surface area contributed by atoms with Gasteiger partial charge in [0.2, 0.25) is 0 Å². The van der Waals surface area contributed by atoms with Crippen molar-refractivity contribution in [2.75, 3.05) is 12.4 Å². The minimum atomic E-state index is -0.293. The molecule has 0 saturated heterocycles. The van der Waals surface area contributed by atoms with E-state index in [1.807, 2.05) is 17.7 Å². The van der Waals surface area contributed by atoms with Gasteiger partial charge in [-0.2, -0.15) is 5.10 Å². The Morgan fingerprint density at radius 1 is 1.39 bits per heavy atom. The molecule has 0 aliphatic heterocycles. The van der Waals surface area contributed by atoms with Crippen LogP contribution in [0.3, 0.4) is 0 Å². The second kappa shape index (κ2) is 5.53. The number of rotatable bonds is 5. The monoisotopic (exact) mass is 249 g/mol. The first kappa shape index (κ1) is 12.4. The smallest absolute Gasteiger partial charge is 0.146 e. The van der Waals surface area contributed by atoms with Gasteiger partial charge >= 0.3 is 0 Å². The Morgan fingerprint density at radius 2 is 2.22 bits per heavy atom. The van der Waals surface area contributed by atoms with E-state index >= 15 is 0 Å². The van der Waals surface area contributed by atoms with Gasteiger partial charge in [0.05, 0.1) is 25.0 Å². The maximum Gasteiger partial charge on any atom is 0.146 e. The van der Waals surface area contributed by atoms with E-state index in [1.54, 1.807) is 25.4 Å². The molecule has 0 spiro atoms. The number of anilines is 1. The number of halogens is 1. The minimum Gasteiger partial charge on any atom is -0.497 e. The molecule has 96 valence electrons. The zero-order valence-corrected chi connectivity index (χ0v) is 10.5. The number of aryl methyl sites for hydroxylation is 1. The number of hydrogen-bond donors (Lipinski definition) is 1. The van der Waals surface area contributed by atoms with Crippen LogP contribution in [0.1, 0.15) is 12.6 Å². The fourth-order valence-electron chi connectivity index (χ4n) is 1.75. The lowest BCUT2D eigenvalue weighted by Gasteiger charge is -2.10. The van der Waals surface area contributed by atoms with Gasteiger partial charge in [-0.15, -0.1) is 0 Å². The number of ether oxygens (including phenoxy) is 1. The Kier molecular flexibility index (Phi) is 3.82. The van der Waals surface area contributed by atoms with E-state index < -0.39 is 0 Å². The van der Waals surface area contributed by atoms with Gasteiger partial charge < -0.3 is 10.1 Å². The lowest BCUT2D eigenvalue weighted by molar-refractivity contribution is 0.414. The molecule has 0 bridgehead atoms. The van der Waals surface area contributed by atoms with E-state index in [-0.39, 0.29) is 5.82 Å². The van der Waals surface area contributed by atoms with Crippen LogP contribution in [0.5, 0.6) is 5.75 Å². The molecule has 0 radical (unpaired) electrons. The molecule has 4 nitrogen and oxygen atoms in total. The Labute approximate surface area is 105 Å². The summed E-state index contributed by atoms with van der Waals surface area (Å²) in [6.07, 6.45) is 1.74. The van der Waals surface area contributed by atoms with Crippen LogP contribution in [0.15, 0.2) is 30.5 Å². The number of methoxy groups -OCH3 is 1. The third-order valence-electron chi connectivity index (χ3n) is 2.74. The lowest BCUT2D eigenvalue weighted by Crippen LogP contribution is -2.08. The predicted molar refractivity (Wildman–Crippen MR) is 68.2 cm³/mol. The van der Waals surface area contributed by atoms with Gasteiger partial charge in [-0.05, 0) is 25.1 Å². The van der Waals surface area contributed by atoms with E-state index in [2.05, 4.69) is 10.4 Å². The summed E-state index contributed by atoms with van der Waals surface area (Å²) in [5.41, 5.74) is 1.44. The molecule has 0 unspecified atom stereocenters. The summed E-state index contributed by atoms with van der Waals surface area (Å²) in [7, 11) is 1.56. The number of hydrogen-bond acceptors (Lipinski definition) is 3. The van der Waals surface area contributed by atoms with Crippen molar-refractivity contribution in [1.82, 2.24) is 9.78 Å². The molecule has 0 saturated carbocycles. The Morgan fingerprint density at radius 3 is 2.94 bits per heavy atom. The third kappa shape index (κ3) is 2.61. The normalized spacial score (nSPS) is 10.4. The topological polar surface area (TPSA) is 39.1 Å². The van der Waals surface area contributed by atoms with Gasteiger partial charge in [-0.3, -0.25) is 4.68 Å². The first-order valence-electron chi connectivity index (χ1n) is 5.82. The summed E-state index contributed by atoms with van der Waals surface area (Å²) < 4.78 is 20.5. The summed E-state index contributed by atoms with van der Waals surface area (Å²) >= 11 is 0. The van der Waals surface area contributed by atoms with Crippen LogP contribution in [-0.2, 0) is 13.1 Å².